The molecule has 82 valence electrons. The lowest BCUT2D eigenvalue weighted by Gasteiger charge is -2.22. The normalized spacial score (nSPS) is 27.1. The first-order chi connectivity index (χ1) is 7.29. The molecule has 1 aromatic carbocycles. The zero-order valence-corrected chi connectivity index (χ0v) is 9.26. The highest BCUT2D eigenvalue weighted by molar-refractivity contribution is 5.14. The molecule has 0 radical (unpaired) electrons. The second-order valence-corrected chi connectivity index (χ2v) is 4.59. The molecule has 1 aliphatic rings. The van der Waals surface area contributed by atoms with Crippen molar-refractivity contribution in [3.63, 3.8) is 0 Å². The van der Waals surface area contributed by atoms with Crippen LogP contribution in [0.1, 0.15) is 18.9 Å². The van der Waals surface area contributed by atoms with Gasteiger partial charge in [0.2, 0.25) is 0 Å². The zero-order chi connectivity index (χ0) is 10.7. The van der Waals surface area contributed by atoms with Crippen molar-refractivity contribution in [2.75, 3.05) is 13.2 Å². The summed E-state index contributed by atoms with van der Waals surface area (Å²) in [5, 5.41) is 9.29. The largest absolute Gasteiger partial charge is 0.395 e. The fraction of sp³-hybridized carbons (Fsp3) is 0.538. The number of nitrogens with zero attached hydrogens (tertiary/aromatic N) is 1. The Hall–Kier alpha value is -0.860. The summed E-state index contributed by atoms with van der Waals surface area (Å²) in [6.07, 6.45) is 1.13. The molecule has 1 saturated heterocycles. The van der Waals surface area contributed by atoms with Gasteiger partial charge < -0.3 is 5.11 Å². The summed E-state index contributed by atoms with van der Waals surface area (Å²) in [4.78, 5) is 2.39. The Balaban J connectivity index is 2.00. The minimum Gasteiger partial charge on any atom is -0.395 e. The van der Waals surface area contributed by atoms with E-state index < -0.39 is 0 Å². The van der Waals surface area contributed by atoms with E-state index in [0.717, 1.165) is 19.5 Å². The molecule has 1 heterocycles. The van der Waals surface area contributed by atoms with E-state index in [2.05, 4.69) is 36.1 Å². The number of likely N-dealkylation sites (tertiary alicyclic amines) is 1. The molecule has 1 aromatic rings. The third kappa shape index (κ3) is 2.58. The highest BCUT2D eigenvalue weighted by atomic mass is 16.3. The molecule has 0 bridgehead atoms. The summed E-state index contributed by atoms with van der Waals surface area (Å²) in [6, 6.07) is 10.8. The van der Waals surface area contributed by atoms with Gasteiger partial charge in [-0.15, -0.1) is 0 Å². The van der Waals surface area contributed by atoms with E-state index in [-0.39, 0.29) is 6.61 Å². The molecule has 2 atom stereocenters. The lowest BCUT2D eigenvalue weighted by atomic mass is 10.1. The third-order valence-corrected chi connectivity index (χ3v) is 3.18. The molecule has 1 fully saturated rings. The number of hydrogen-bond acceptors (Lipinski definition) is 2. The Labute approximate surface area is 91.5 Å². The number of aliphatic hydroxyl groups is 1. The van der Waals surface area contributed by atoms with Gasteiger partial charge in [0.15, 0.2) is 0 Å². The second-order valence-electron chi connectivity index (χ2n) is 4.59. The van der Waals surface area contributed by atoms with Gasteiger partial charge in [0.05, 0.1) is 6.61 Å². The topological polar surface area (TPSA) is 23.5 Å². The van der Waals surface area contributed by atoms with Crippen molar-refractivity contribution in [2.24, 2.45) is 5.92 Å². The van der Waals surface area contributed by atoms with Crippen LogP contribution in [0.25, 0.3) is 0 Å². The molecule has 0 aromatic heterocycles. The van der Waals surface area contributed by atoms with Crippen LogP contribution in [0.15, 0.2) is 30.3 Å². The molecule has 15 heavy (non-hydrogen) atoms. The van der Waals surface area contributed by atoms with E-state index in [1.165, 1.54) is 5.56 Å². The summed E-state index contributed by atoms with van der Waals surface area (Å²) >= 11 is 0. The van der Waals surface area contributed by atoms with Gasteiger partial charge in [-0.1, -0.05) is 37.3 Å². The van der Waals surface area contributed by atoms with Crippen LogP contribution in [0.3, 0.4) is 0 Å². The first kappa shape index (κ1) is 10.7. The Bertz CT molecular complexity index is 299. The molecular weight excluding hydrogens is 186 g/mol. The summed E-state index contributed by atoms with van der Waals surface area (Å²) in [6.45, 7) is 4.63. The molecule has 0 unspecified atom stereocenters. The van der Waals surface area contributed by atoms with E-state index in [4.69, 9.17) is 0 Å². The number of aliphatic hydroxyl groups excluding tert-OH is 1. The predicted molar refractivity (Wildman–Crippen MR) is 61.5 cm³/mol. The van der Waals surface area contributed by atoms with Gasteiger partial charge in [-0.2, -0.15) is 0 Å². The Morgan fingerprint density at radius 3 is 2.73 bits per heavy atom. The molecule has 1 N–H and O–H groups in total. The quantitative estimate of drug-likeness (QED) is 0.814. The molecule has 2 heteroatoms. The molecule has 0 aliphatic carbocycles. The average Bonchev–Trinajstić information content (AvgIpc) is 2.60. The first-order valence-corrected chi connectivity index (χ1v) is 5.68. The van der Waals surface area contributed by atoms with Gasteiger partial charge in [-0.05, 0) is 17.9 Å². The monoisotopic (exact) mass is 205 g/mol. The highest BCUT2D eigenvalue weighted by Gasteiger charge is 2.28. The SMILES string of the molecule is C[C@H]1C[C@H](CO)N(Cc2ccccc2)C1. The van der Waals surface area contributed by atoms with Gasteiger partial charge in [0.1, 0.15) is 0 Å². The van der Waals surface area contributed by atoms with Crippen molar-refractivity contribution in [2.45, 2.75) is 25.9 Å². The standard InChI is InChI=1S/C13H19NO/c1-11-7-13(10-15)14(8-11)9-12-5-3-2-4-6-12/h2-6,11,13,15H,7-10H2,1H3/t11-,13+/m0/s1. The summed E-state index contributed by atoms with van der Waals surface area (Å²) in [7, 11) is 0. The fourth-order valence-corrected chi connectivity index (χ4v) is 2.44. The van der Waals surface area contributed by atoms with Crippen LogP contribution >= 0.6 is 0 Å². The van der Waals surface area contributed by atoms with Crippen molar-refractivity contribution in [3.8, 4) is 0 Å². The van der Waals surface area contributed by atoms with Crippen LogP contribution in [0.4, 0.5) is 0 Å². The lowest BCUT2D eigenvalue weighted by molar-refractivity contribution is 0.153. The maximum absolute atomic E-state index is 9.29. The highest BCUT2D eigenvalue weighted by Crippen LogP contribution is 2.24. The van der Waals surface area contributed by atoms with E-state index in [1.807, 2.05) is 6.07 Å². The molecule has 1 aliphatic heterocycles. The summed E-state index contributed by atoms with van der Waals surface area (Å²) in [5.41, 5.74) is 1.34. The first-order valence-electron chi connectivity index (χ1n) is 5.68. The number of hydrogen-bond donors (Lipinski definition) is 1. The lowest BCUT2D eigenvalue weighted by Crippen LogP contribution is -2.31. The molecule has 0 saturated carbocycles. The summed E-state index contributed by atoms with van der Waals surface area (Å²) < 4.78 is 0. The van der Waals surface area contributed by atoms with Gasteiger partial charge in [-0.3, -0.25) is 4.90 Å². The number of benzene rings is 1. The predicted octanol–water partition coefficient (Wildman–Crippen LogP) is 1.89. The van der Waals surface area contributed by atoms with Crippen LogP contribution in [0.2, 0.25) is 0 Å². The minimum absolute atomic E-state index is 0.289. The fourth-order valence-electron chi connectivity index (χ4n) is 2.44. The molecular formula is C13H19NO. The average molecular weight is 205 g/mol. The smallest absolute Gasteiger partial charge is 0.0587 e. The van der Waals surface area contributed by atoms with Gasteiger partial charge >= 0.3 is 0 Å². The Kier molecular flexibility index (Phi) is 3.39. The maximum atomic E-state index is 9.29. The van der Waals surface area contributed by atoms with Gasteiger partial charge in [0.25, 0.3) is 0 Å². The number of rotatable bonds is 3. The Morgan fingerprint density at radius 1 is 1.33 bits per heavy atom. The van der Waals surface area contributed by atoms with Crippen LogP contribution in [0, 0.1) is 5.92 Å². The van der Waals surface area contributed by atoms with Crippen LogP contribution < -0.4 is 0 Å². The maximum Gasteiger partial charge on any atom is 0.0587 e. The van der Waals surface area contributed by atoms with Crippen LogP contribution in [-0.2, 0) is 6.54 Å². The van der Waals surface area contributed by atoms with Crippen molar-refractivity contribution in [1.29, 1.82) is 0 Å². The van der Waals surface area contributed by atoms with Crippen molar-refractivity contribution in [3.05, 3.63) is 35.9 Å². The minimum atomic E-state index is 0.289. The van der Waals surface area contributed by atoms with Crippen LogP contribution in [0.5, 0.6) is 0 Å². The van der Waals surface area contributed by atoms with Crippen molar-refractivity contribution >= 4 is 0 Å². The molecule has 2 nitrogen and oxygen atoms in total. The van der Waals surface area contributed by atoms with Crippen molar-refractivity contribution < 1.29 is 5.11 Å². The molecule has 0 spiro atoms. The van der Waals surface area contributed by atoms with E-state index in [9.17, 15) is 5.11 Å². The van der Waals surface area contributed by atoms with Gasteiger partial charge in [0, 0.05) is 19.1 Å². The van der Waals surface area contributed by atoms with E-state index in [1.54, 1.807) is 0 Å². The van der Waals surface area contributed by atoms with Crippen LogP contribution in [-0.4, -0.2) is 29.2 Å². The van der Waals surface area contributed by atoms with E-state index in [0.29, 0.717) is 12.0 Å². The third-order valence-electron chi connectivity index (χ3n) is 3.18. The Morgan fingerprint density at radius 2 is 2.07 bits per heavy atom. The van der Waals surface area contributed by atoms with E-state index >= 15 is 0 Å². The van der Waals surface area contributed by atoms with Gasteiger partial charge in [-0.25, -0.2) is 0 Å². The molecule has 0 amide bonds. The summed E-state index contributed by atoms with van der Waals surface area (Å²) in [5.74, 6) is 0.714. The molecule has 2 rings (SSSR count). The van der Waals surface area contributed by atoms with Crippen molar-refractivity contribution in [1.82, 2.24) is 4.90 Å². The second kappa shape index (κ2) is 4.77. The zero-order valence-electron chi connectivity index (χ0n) is 9.26.